The molecule has 15 heavy (non-hydrogen) atoms. The first kappa shape index (κ1) is 12.0. The maximum atomic E-state index is 5.43. The molecule has 0 aromatic carbocycles. The Bertz CT molecular complexity index is 287. The van der Waals surface area contributed by atoms with Gasteiger partial charge in [-0.15, -0.1) is 0 Å². The van der Waals surface area contributed by atoms with Gasteiger partial charge in [0.1, 0.15) is 12.4 Å². The van der Waals surface area contributed by atoms with Crippen LogP contribution in [-0.4, -0.2) is 25.3 Å². The van der Waals surface area contributed by atoms with E-state index in [0.717, 1.165) is 11.4 Å². The average molecular weight is 209 g/mol. The normalized spacial score (nSPS) is 11.5. The molecule has 1 rings (SSSR count). The van der Waals surface area contributed by atoms with E-state index in [2.05, 4.69) is 25.8 Å². The summed E-state index contributed by atoms with van der Waals surface area (Å²) in [4.78, 5) is 4.36. The highest BCUT2D eigenvalue weighted by Gasteiger charge is 2.14. The fourth-order valence-corrected chi connectivity index (χ4v) is 1.15. The molecule has 0 aliphatic heterocycles. The topological polar surface area (TPSA) is 31.4 Å². The zero-order valence-electron chi connectivity index (χ0n) is 9.91. The minimum atomic E-state index is 0.0884. The van der Waals surface area contributed by atoms with Gasteiger partial charge in [0.25, 0.3) is 0 Å². The Balaban J connectivity index is 2.57. The highest BCUT2D eigenvalue weighted by atomic mass is 16.5. The second-order valence-electron chi connectivity index (χ2n) is 4.47. The second-order valence-corrected chi connectivity index (χ2v) is 4.47. The Hall–Kier alpha value is -1.09. The smallest absolute Gasteiger partial charge is 0.137 e. The largest absolute Gasteiger partial charge is 0.490 e. The summed E-state index contributed by atoms with van der Waals surface area (Å²) >= 11 is 0. The number of hydrogen-bond donors (Lipinski definition) is 0. The molecule has 0 bridgehead atoms. The van der Waals surface area contributed by atoms with Crippen molar-refractivity contribution in [2.24, 2.45) is 0 Å². The first-order valence-corrected chi connectivity index (χ1v) is 5.12. The number of methoxy groups -OCH3 is 1. The minimum Gasteiger partial charge on any atom is -0.490 e. The van der Waals surface area contributed by atoms with Crippen LogP contribution < -0.4 is 4.74 Å². The summed E-state index contributed by atoms with van der Waals surface area (Å²) < 4.78 is 10.3. The van der Waals surface area contributed by atoms with E-state index in [1.54, 1.807) is 13.3 Å². The second kappa shape index (κ2) is 5.12. The molecule has 3 heteroatoms. The highest BCUT2D eigenvalue weighted by molar-refractivity contribution is 5.23. The summed E-state index contributed by atoms with van der Waals surface area (Å²) in [6.07, 6.45) is 1.76. The Labute approximate surface area is 91.4 Å². The van der Waals surface area contributed by atoms with Gasteiger partial charge in [-0.25, -0.2) is 0 Å². The van der Waals surface area contributed by atoms with Crippen molar-refractivity contribution in [2.75, 3.05) is 20.3 Å². The van der Waals surface area contributed by atoms with Crippen LogP contribution in [0.15, 0.2) is 18.3 Å². The fourth-order valence-electron chi connectivity index (χ4n) is 1.15. The van der Waals surface area contributed by atoms with Gasteiger partial charge in [0.15, 0.2) is 0 Å². The Morgan fingerprint density at radius 3 is 2.40 bits per heavy atom. The Kier molecular flexibility index (Phi) is 4.09. The summed E-state index contributed by atoms with van der Waals surface area (Å²) in [7, 11) is 1.66. The van der Waals surface area contributed by atoms with Gasteiger partial charge in [0, 0.05) is 18.2 Å². The van der Waals surface area contributed by atoms with Crippen LogP contribution >= 0.6 is 0 Å². The van der Waals surface area contributed by atoms with Gasteiger partial charge in [-0.3, -0.25) is 4.98 Å². The van der Waals surface area contributed by atoms with Crippen molar-refractivity contribution in [1.82, 2.24) is 4.98 Å². The molecule has 3 nitrogen and oxygen atoms in total. The molecule has 84 valence electrons. The first-order valence-electron chi connectivity index (χ1n) is 5.12. The molecule has 1 aromatic rings. The Morgan fingerprint density at radius 1 is 1.20 bits per heavy atom. The van der Waals surface area contributed by atoms with Crippen LogP contribution in [0.4, 0.5) is 0 Å². The van der Waals surface area contributed by atoms with Gasteiger partial charge in [-0.05, 0) is 12.1 Å². The molecule has 0 atom stereocenters. The molecule has 0 radical (unpaired) electrons. The van der Waals surface area contributed by atoms with Crippen molar-refractivity contribution in [1.29, 1.82) is 0 Å². The van der Waals surface area contributed by atoms with Crippen LogP contribution in [0.25, 0.3) is 0 Å². The van der Waals surface area contributed by atoms with E-state index in [0.29, 0.717) is 13.2 Å². The summed E-state index contributed by atoms with van der Waals surface area (Å²) in [6, 6.07) is 3.95. The third kappa shape index (κ3) is 3.88. The van der Waals surface area contributed by atoms with Crippen molar-refractivity contribution in [3.05, 3.63) is 24.0 Å². The average Bonchev–Trinajstić information content (AvgIpc) is 2.18. The molecule has 0 saturated heterocycles. The van der Waals surface area contributed by atoms with Gasteiger partial charge in [-0.1, -0.05) is 20.8 Å². The maximum absolute atomic E-state index is 5.43. The number of hydrogen-bond acceptors (Lipinski definition) is 3. The monoisotopic (exact) mass is 209 g/mol. The zero-order chi connectivity index (χ0) is 11.3. The predicted octanol–water partition coefficient (Wildman–Crippen LogP) is 2.40. The van der Waals surface area contributed by atoms with Crippen molar-refractivity contribution in [3.63, 3.8) is 0 Å². The molecule has 0 spiro atoms. The van der Waals surface area contributed by atoms with E-state index in [1.165, 1.54) is 0 Å². The molecule has 0 unspecified atom stereocenters. The van der Waals surface area contributed by atoms with Crippen LogP contribution in [0.1, 0.15) is 26.5 Å². The predicted molar refractivity (Wildman–Crippen MR) is 60.3 cm³/mol. The lowest BCUT2D eigenvalue weighted by molar-refractivity contribution is 0.146. The van der Waals surface area contributed by atoms with E-state index in [9.17, 15) is 0 Å². The van der Waals surface area contributed by atoms with Crippen LogP contribution in [0.3, 0.4) is 0 Å². The number of ether oxygens (including phenoxy) is 2. The maximum Gasteiger partial charge on any atom is 0.137 e. The molecule has 0 aliphatic rings. The number of nitrogens with zero attached hydrogens (tertiary/aromatic N) is 1. The molecule has 1 heterocycles. The Morgan fingerprint density at radius 2 is 1.93 bits per heavy atom. The van der Waals surface area contributed by atoms with E-state index in [1.807, 2.05) is 12.1 Å². The number of pyridine rings is 1. The lowest BCUT2D eigenvalue weighted by atomic mass is 9.92. The summed E-state index contributed by atoms with van der Waals surface area (Å²) in [6.45, 7) is 7.58. The SMILES string of the molecule is COCCOc1ccc(C(C)(C)C)nc1. The molecule has 0 aliphatic carbocycles. The van der Waals surface area contributed by atoms with Crippen LogP contribution in [0.5, 0.6) is 5.75 Å². The van der Waals surface area contributed by atoms with Crippen molar-refractivity contribution in [2.45, 2.75) is 26.2 Å². The van der Waals surface area contributed by atoms with Crippen molar-refractivity contribution in [3.8, 4) is 5.75 Å². The molecular formula is C12H19NO2. The quantitative estimate of drug-likeness (QED) is 0.713. The van der Waals surface area contributed by atoms with Gasteiger partial charge in [-0.2, -0.15) is 0 Å². The van der Waals surface area contributed by atoms with Crippen molar-refractivity contribution < 1.29 is 9.47 Å². The molecule has 0 fully saturated rings. The van der Waals surface area contributed by atoms with Crippen molar-refractivity contribution >= 4 is 0 Å². The van der Waals surface area contributed by atoms with Crippen LogP contribution in [-0.2, 0) is 10.2 Å². The summed E-state index contributed by atoms with van der Waals surface area (Å²) in [5.41, 5.74) is 1.16. The molecular weight excluding hydrogens is 190 g/mol. The third-order valence-corrected chi connectivity index (χ3v) is 2.06. The van der Waals surface area contributed by atoms with Crippen LogP contribution in [0.2, 0.25) is 0 Å². The third-order valence-electron chi connectivity index (χ3n) is 2.06. The highest BCUT2D eigenvalue weighted by Crippen LogP contribution is 2.21. The lowest BCUT2D eigenvalue weighted by Gasteiger charge is -2.17. The van der Waals surface area contributed by atoms with Gasteiger partial charge >= 0.3 is 0 Å². The molecule has 0 amide bonds. The van der Waals surface area contributed by atoms with Gasteiger partial charge in [0.05, 0.1) is 12.8 Å². The molecule has 1 aromatic heterocycles. The molecule has 0 saturated carbocycles. The molecule has 0 N–H and O–H groups in total. The van der Waals surface area contributed by atoms with E-state index < -0.39 is 0 Å². The van der Waals surface area contributed by atoms with E-state index in [4.69, 9.17) is 9.47 Å². The van der Waals surface area contributed by atoms with Gasteiger partial charge < -0.3 is 9.47 Å². The number of rotatable bonds is 4. The van der Waals surface area contributed by atoms with E-state index in [-0.39, 0.29) is 5.41 Å². The summed E-state index contributed by atoms with van der Waals surface area (Å²) in [5, 5.41) is 0. The zero-order valence-corrected chi connectivity index (χ0v) is 9.91. The number of aromatic nitrogens is 1. The first-order chi connectivity index (χ1) is 7.04. The fraction of sp³-hybridized carbons (Fsp3) is 0.583. The lowest BCUT2D eigenvalue weighted by Crippen LogP contribution is -2.13. The summed E-state index contributed by atoms with van der Waals surface area (Å²) in [5.74, 6) is 0.792. The van der Waals surface area contributed by atoms with Gasteiger partial charge in [0.2, 0.25) is 0 Å². The van der Waals surface area contributed by atoms with Crippen LogP contribution in [0, 0.1) is 0 Å². The standard InChI is InChI=1S/C12H19NO2/c1-12(2,3)11-6-5-10(9-13-11)15-8-7-14-4/h5-6,9H,7-8H2,1-4H3. The van der Waals surface area contributed by atoms with E-state index >= 15 is 0 Å². The minimum absolute atomic E-state index is 0.0884.